The Hall–Kier alpha value is -2.66. The Morgan fingerprint density at radius 3 is 2.41 bits per heavy atom. The molecule has 154 valence electrons. The van der Waals surface area contributed by atoms with Crippen LogP contribution in [-0.2, 0) is 11.2 Å². The molecule has 0 aliphatic carbocycles. The van der Waals surface area contributed by atoms with Crippen LogP contribution in [0.25, 0.3) is 0 Å². The zero-order valence-electron chi connectivity index (χ0n) is 17.4. The standard InChI is InChI=1S/C24H30N2O3/c1-17(20-9-11-21(12-10-20)22(27)28)25-23(29)24(2,3)26-14-13-19(16-26)15-18-7-5-4-6-8-18/h4-12,17,19H,13-16H2,1-3H3,(H,25,29)(H,27,28). The van der Waals surface area contributed by atoms with Gasteiger partial charge in [-0.2, -0.15) is 0 Å². The molecule has 1 aliphatic rings. The van der Waals surface area contributed by atoms with Gasteiger partial charge in [-0.25, -0.2) is 4.79 Å². The van der Waals surface area contributed by atoms with Crippen LogP contribution in [-0.4, -0.2) is 40.5 Å². The molecule has 1 amide bonds. The van der Waals surface area contributed by atoms with Gasteiger partial charge in [0.15, 0.2) is 0 Å². The molecule has 2 aromatic rings. The molecule has 0 bridgehead atoms. The third kappa shape index (κ3) is 5.04. The average molecular weight is 395 g/mol. The molecule has 1 fully saturated rings. The summed E-state index contributed by atoms with van der Waals surface area (Å²) in [6, 6.07) is 17.0. The number of nitrogens with one attached hydrogen (secondary N) is 1. The number of aromatic carboxylic acids is 1. The summed E-state index contributed by atoms with van der Waals surface area (Å²) in [5, 5.41) is 12.1. The van der Waals surface area contributed by atoms with E-state index in [9.17, 15) is 9.59 Å². The molecule has 1 aliphatic heterocycles. The number of amides is 1. The Balaban J connectivity index is 1.58. The van der Waals surface area contributed by atoms with Crippen LogP contribution in [0.1, 0.15) is 54.7 Å². The Labute approximate surface area is 172 Å². The van der Waals surface area contributed by atoms with Crippen molar-refractivity contribution in [2.24, 2.45) is 5.92 Å². The lowest BCUT2D eigenvalue weighted by Gasteiger charge is -2.35. The van der Waals surface area contributed by atoms with E-state index in [1.165, 1.54) is 5.56 Å². The van der Waals surface area contributed by atoms with Gasteiger partial charge in [0.1, 0.15) is 0 Å². The van der Waals surface area contributed by atoms with E-state index < -0.39 is 11.5 Å². The molecule has 0 aromatic heterocycles. The first-order valence-electron chi connectivity index (χ1n) is 10.2. The molecule has 2 N–H and O–H groups in total. The van der Waals surface area contributed by atoms with Gasteiger partial charge in [0.05, 0.1) is 17.1 Å². The number of hydrogen-bond acceptors (Lipinski definition) is 3. The van der Waals surface area contributed by atoms with Crippen molar-refractivity contribution in [3.8, 4) is 0 Å². The van der Waals surface area contributed by atoms with Crippen molar-refractivity contribution < 1.29 is 14.7 Å². The van der Waals surface area contributed by atoms with Gasteiger partial charge in [-0.1, -0.05) is 42.5 Å². The van der Waals surface area contributed by atoms with Crippen molar-refractivity contribution in [1.82, 2.24) is 10.2 Å². The first kappa shape index (κ1) is 21.1. The van der Waals surface area contributed by atoms with Crippen LogP contribution in [0, 0.1) is 5.92 Å². The van der Waals surface area contributed by atoms with Gasteiger partial charge in [0.2, 0.25) is 5.91 Å². The van der Waals surface area contributed by atoms with E-state index in [0.29, 0.717) is 5.92 Å². The zero-order valence-corrected chi connectivity index (χ0v) is 17.4. The van der Waals surface area contributed by atoms with Gasteiger partial charge in [-0.05, 0) is 69.3 Å². The molecule has 0 radical (unpaired) electrons. The Morgan fingerprint density at radius 1 is 1.14 bits per heavy atom. The summed E-state index contributed by atoms with van der Waals surface area (Å²) in [7, 11) is 0. The number of carbonyl (C=O) groups is 2. The van der Waals surface area contributed by atoms with Crippen LogP contribution in [0.4, 0.5) is 0 Å². The molecule has 2 unspecified atom stereocenters. The second-order valence-electron chi connectivity index (χ2n) is 8.47. The largest absolute Gasteiger partial charge is 0.478 e. The summed E-state index contributed by atoms with van der Waals surface area (Å²) in [5.74, 6) is -0.397. The molecule has 29 heavy (non-hydrogen) atoms. The van der Waals surface area contributed by atoms with E-state index in [1.54, 1.807) is 24.3 Å². The molecule has 5 heteroatoms. The minimum Gasteiger partial charge on any atom is -0.478 e. The van der Waals surface area contributed by atoms with E-state index in [4.69, 9.17) is 5.11 Å². The van der Waals surface area contributed by atoms with Crippen LogP contribution < -0.4 is 5.32 Å². The molecule has 2 atom stereocenters. The van der Waals surface area contributed by atoms with Gasteiger partial charge >= 0.3 is 5.97 Å². The minimum absolute atomic E-state index is 0.00678. The van der Waals surface area contributed by atoms with Crippen molar-refractivity contribution in [2.75, 3.05) is 13.1 Å². The number of rotatable bonds is 7. The first-order valence-corrected chi connectivity index (χ1v) is 10.2. The molecule has 0 saturated carbocycles. The van der Waals surface area contributed by atoms with E-state index in [1.807, 2.05) is 26.8 Å². The van der Waals surface area contributed by atoms with Gasteiger partial charge in [-0.3, -0.25) is 9.69 Å². The minimum atomic E-state index is -0.950. The summed E-state index contributed by atoms with van der Waals surface area (Å²) >= 11 is 0. The predicted molar refractivity (Wildman–Crippen MR) is 114 cm³/mol. The van der Waals surface area contributed by atoms with E-state index in [-0.39, 0.29) is 17.5 Å². The van der Waals surface area contributed by atoms with Crippen LogP contribution in [0.5, 0.6) is 0 Å². The third-order valence-corrected chi connectivity index (χ3v) is 6.00. The number of benzene rings is 2. The van der Waals surface area contributed by atoms with E-state index in [0.717, 1.165) is 31.5 Å². The number of carboxylic acid groups (broad SMARTS) is 1. The monoisotopic (exact) mass is 394 g/mol. The third-order valence-electron chi connectivity index (χ3n) is 6.00. The van der Waals surface area contributed by atoms with Crippen LogP contribution in [0.2, 0.25) is 0 Å². The lowest BCUT2D eigenvalue weighted by Crippen LogP contribution is -2.54. The molecule has 0 spiro atoms. The summed E-state index contributed by atoms with van der Waals surface area (Å²) in [6.45, 7) is 7.71. The molecule has 5 nitrogen and oxygen atoms in total. The molecule has 1 saturated heterocycles. The van der Waals surface area contributed by atoms with Crippen molar-refractivity contribution in [3.05, 3.63) is 71.3 Å². The van der Waals surface area contributed by atoms with Crippen LogP contribution in [0.15, 0.2) is 54.6 Å². The van der Waals surface area contributed by atoms with Gasteiger partial charge in [-0.15, -0.1) is 0 Å². The van der Waals surface area contributed by atoms with Gasteiger partial charge in [0.25, 0.3) is 0 Å². The lowest BCUT2D eigenvalue weighted by molar-refractivity contribution is -0.131. The summed E-state index contributed by atoms with van der Waals surface area (Å²) in [4.78, 5) is 26.3. The highest BCUT2D eigenvalue weighted by molar-refractivity contribution is 5.88. The maximum atomic E-state index is 13.0. The topological polar surface area (TPSA) is 69.6 Å². The van der Waals surface area contributed by atoms with Crippen molar-refractivity contribution in [1.29, 1.82) is 0 Å². The van der Waals surface area contributed by atoms with E-state index in [2.05, 4.69) is 34.5 Å². The normalized spacial score (nSPS) is 18.4. The second-order valence-corrected chi connectivity index (χ2v) is 8.47. The quantitative estimate of drug-likeness (QED) is 0.747. The van der Waals surface area contributed by atoms with E-state index >= 15 is 0 Å². The number of likely N-dealkylation sites (tertiary alicyclic amines) is 1. The maximum Gasteiger partial charge on any atom is 0.335 e. The average Bonchev–Trinajstić information content (AvgIpc) is 3.18. The molecule has 3 rings (SSSR count). The van der Waals surface area contributed by atoms with Crippen molar-refractivity contribution >= 4 is 11.9 Å². The Bertz CT molecular complexity index is 846. The Morgan fingerprint density at radius 2 is 1.79 bits per heavy atom. The highest BCUT2D eigenvalue weighted by Crippen LogP contribution is 2.28. The van der Waals surface area contributed by atoms with Crippen molar-refractivity contribution in [3.63, 3.8) is 0 Å². The SMILES string of the molecule is CC(NC(=O)C(C)(C)N1CCC(Cc2ccccc2)C1)c1ccc(C(=O)O)cc1. The maximum absolute atomic E-state index is 13.0. The second kappa shape index (κ2) is 8.78. The fourth-order valence-electron chi connectivity index (χ4n) is 3.97. The molecular weight excluding hydrogens is 364 g/mol. The van der Waals surface area contributed by atoms with Gasteiger partial charge in [0, 0.05) is 6.54 Å². The fraction of sp³-hybridized carbons (Fsp3) is 0.417. The van der Waals surface area contributed by atoms with Crippen LogP contribution >= 0.6 is 0 Å². The summed E-state index contributed by atoms with van der Waals surface area (Å²) < 4.78 is 0. The lowest BCUT2D eigenvalue weighted by atomic mass is 9.97. The van der Waals surface area contributed by atoms with Crippen molar-refractivity contribution in [2.45, 2.75) is 45.2 Å². The number of hydrogen-bond donors (Lipinski definition) is 2. The zero-order chi connectivity index (χ0) is 21.0. The summed E-state index contributed by atoms with van der Waals surface area (Å²) in [5.41, 5.74) is 1.89. The van der Waals surface area contributed by atoms with Gasteiger partial charge < -0.3 is 10.4 Å². The molecular formula is C24H30N2O3. The highest BCUT2D eigenvalue weighted by Gasteiger charge is 2.39. The number of carbonyl (C=O) groups excluding carboxylic acids is 1. The Kier molecular flexibility index (Phi) is 6.38. The smallest absolute Gasteiger partial charge is 0.335 e. The first-order chi connectivity index (χ1) is 13.8. The number of carboxylic acids is 1. The molecule has 1 heterocycles. The fourth-order valence-corrected chi connectivity index (χ4v) is 3.97. The highest BCUT2D eigenvalue weighted by atomic mass is 16.4. The predicted octanol–water partition coefficient (Wildman–Crippen LogP) is 3.91. The molecule has 2 aromatic carbocycles. The summed E-state index contributed by atoms with van der Waals surface area (Å²) in [6.07, 6.45) is 2.14. The van der Waals surface area contributed by atoms with Crippen LogP contribution in [0.3, 0.4) is 0 Å². The number of nitrogens with zero attached hydrogens (tertiary/aromatic N) is 1.